The van der Waals surface area contributed by atoms with Gasteiger partial charge in [-0.05, 0) is 6.72 Å². The van der Waals surface area contributed by atoms with Crippen LogP contribution in [0.2, 0.25) is 0 Å². The lowest BCUT2D eigenvalue weighted by molar-refractivity contribution is 0.377. The van der Waals surface area contributed by atoms with Crippen LogP contribution in [0.5, 0.6) is 0 Å². The molecule has 2 heterocycles. The van der Waals surface area contributed by atoms with Crippen LogP contribution in [0.4, 0.5) is 5.69 Å². The molecule has 0 amide bonds. The fourth-order valence-corrected chi connectivity index (χ4v) is 0.823. The Labute approximate surface area is 56.8 Å². The summed E-state index contributed by atoms with van der Waals surface area (Å²) < 4.78 is 6.53. The van der Waals surface area contributed by atoms with E-state index < -0.39 is 0 Å². The van der Waals surface area contributed by atoms with Crippen molar-refractivity contribution >= 4 is 18.1 Å². The standard InChI is InChI=1S/C6H5N3O/c1-7-5-4-10-9-3-2-8-6(5)9/h2-4H,1H2. The summed E-state index contributed by atoms with van der Waals surface area (Å²) in [6, 6.07) is 0. The van der Waals surface area contributed by atoms with Crippen molar-refractivity contribution in [3.05, 3.63) is 18.7 Å². The molecule has 2 aromatic heterocycles. The molecule has 50 valence electrons. The molecule has 4 heteroatoms. The average molecular weight is 135 g/mol. The fourth-order valence-electron chi connectivity index (χ4n) is 0.823. The predicted molar refractivity (Wildman–Crippen MR) is 36.7 cm³/mol. The van der Waals surface area contributed by atoms with Crippen molar-refractivity contribution in [3.8, 4) is 0 Å². The molecular formula is C6H5N3O. The van der Waals surface area contributed by atoms with Crippen LogP contribution in [0, 0.1) is 0 Å². The molecule has 0 aromatic carbocycles. The molecule has 2 aromatic rings. The number of fused-ring (bicyclic) bond motifs is 1. The van der Waals surface area contributed by atoms with Gasteiger partial charge < -0.3 is 4.52 Å². The highest BCUT2D eigenvalue weighted by molar-refractivity contribution is 5.64. The molecule has 0 atom stereocenters. The molecule has 0 fully saturated rings. The van der Waals surface area contributed by atoms with Crippen molar-refractivity contribution in [1.82, 2.24) is 9.56 Å². The first kappa shape index (κ1) is 5.22. The third kappa shape index (κ3) is 0.500. The van der Waals surface area contributed by atoms with Crippen LogP contribution in [0.3, 0.4) is 0 Å². The van der Waals surface area contributed by atoms with E-state index in [9.17, 15) is 0 Å². The van der Waals surface area contributed by atoms with Crippen molar-refractivity contribution in [1.29, 1.82) is 0 Å². The topological polar surface area (TPSA) is 42.8 Å². The molecule has 0 aliphatic heterocycles. The molecule has 0 saturated heterocycles. The van der Waals surface area contributed by atoms with Crippen molar-refractivity contribution in [2.24, 2.45) is 4.99 Å². The molecular weight excluding hydrogens is 130 g/mol. The number of rotatable bonds is 1. The Morgan fingerprint density at radius 3 is 3.40 bits per heavy atom. The summed E-state index contributed by atoms with van der Waals surface area (Å²) >= 11 is 0. The average Bonchev–Trinajstić information content (AvgIpc) is 2.44. The van der Waals surface area contributed by atoms with E-state index in [1.165, 1.54) is 10.8 Å². The number of aromatic nitrogens is 2. The SMILES string of the molecule is C=Nc1con2ccnc12. The normalized spacial score (nSPS) is 10.4. The summed E-state index contributed by atoms with van der Waals surface area (Å²) in [5.74, 6) is 0. The maximum Gasteiger partial charge on any atom is 0.197 e. The summed E-state index contributed by atoms with van der Waals surface area (Å²) in [4.78, 5) is 7.69. The van der Waals surface area contributed by atoms with Gasteiger partial charge >= 0.3 is 0 Å². The van der Waals surface area contributed by atoms with Gasteiger partial charge in [-0.25, -0.2) is 4.98 Å². The quantitative estimate of drug-likeness (QED) is 0.552. The summed E-state index contributed by atoms with van der Waals surface area (Å²) in [7, 11) is 0. The molecule has 0 saturated carbocycles. The van der Waals surface area contributed by atoms with Gasteiger partial charge in [0.15, 0.2) is 5.65 Å². The monoisotopic (exact) mass is 135 g/mol. The van der Waals surface area contributed by atoms with Crippen LogP contribution in [0.1, 0.15) is 0 Å². The van der Waals surface area contributed by atoms with E-state index in [1.807, 2.05) is 0 Å². The van der Waals surface area contributed by atoms with Gasteiger partial charge in [-0.3, -0.25) is 4.99 Å². The Hall–Kier alpha value is -1.58. The predicted octanol–water partition coefficient (Wildman–Crippen LogP) is 1.26. The Morgan fingerprint density at radius 2 is 2.60 bits per heavy atom. The first-order valence-corrected chi connectivity index (χ1v) is 2.79. The Balaban J connectivity index is 2.88. The van der Waals surface area contributed by atoms with Gasteiger partial charge in [0.05, 0.1) is 6.20 Å². The van der Waals surface area contributed by atoms with E-state index in [-0.39, 0.29) is 0 Å². The molecule has 0 N–H and O–H groups in total. The Bertz CT molecular complexity index is 360. The number of aliphatic imine (C=N–C) groups is 1. The van der Waals surface area contributed by atoms with Gasteiger partial charge in [-0.2, -0.15) is 4.57 Å². The minimum Gasteiger partial charge on any atom is -0.379 e. The third-order valence-corrected chi connectivity index (χ3v) is 1.28. The number of imidazole rings is 1. The van der Waals surface area contributed by atoms with Crippen LogP contribution < -0.4 is 0 Å². The summed E-state index contributed by atoms with van der Waals surface area (Å²) in [6.07, 6.45) is 4.87. The maximum absolute atomic E-state index is 5.00. The second-order valence-electron chi connectivity index (χ2n) is 1.84. The van der Waals surface area contributed by atoms with E-state index in [1.54, 1.807) is 12.4 Å². The maximum atomic E-state index is 5.00. The molecule has 0 spiro atoms. The highest BCUT2D eigenvalue weighted by Gasteiger charge is 2.02. The van der Waals surface area contributed by atoms with E-state index in [0.29, 0.717) is 11.3 Å². The third-order valence-electron chi connectivity index (χ3n) is 1.28. The summed E-state index contributed by atoms with van der Waals surface area (Å²) in [5, 5.41) is 0. The lowest BCUT2D eigenvalue weighted by Gasteiger charge is -1.76. The van der Waals surface area contributed by atoms with E-state index in [2.05, 4.69) is 16.7 Å². The minimum absolute atomic E-state index is 0.671. The molecule has 2 rings (SSSR count). The highest BCUT2D eigenvalue weighted by Crippen LogP contribution is 2.18. The molecule has 0 unspecified atom stereocenters. The Morgan fingerprint density at radius 1 is 1.70 bits per heavy atom. The summed E-state index contributed by atoms with van der Waals surface area (Å²) in [6.45, 7) is 3.37. The first-order valence-electron chi connectivity index (χ1n) is 2.79. The Kier molecular flexibility index (Phi) is 0.887. The van der Waals surface area contributed by atoms with Crippen molar-refractivity contribution in [2.45, 2.75) is 0 Å². The van der Waals surface area contributed by atoms with Gasteiger partial charge in [0.25, 0.3) is 0 Å². The van der Waals surface area contributed by atoms with E-state index in [4.69, 9.17) is 4.52 Å². The lowest BCUT2D eigenvalue weighted by atomic mass is 10.6. The molecule has 10 heavy (non-hydrogen) atoms. The zero-order valence-electron chi connectivity index (χ0n) is 5.19. The van der Waals surface area contributed by atoms with Gasteiger partial charge in [-0.1, -0.05) is 0 Å². The zero-order valence-corrected chi connectivity index (χ0v) is 5.19. The van der Waals surface area contributed by atoms with Crippen LogP contribution in [-0.2, 0) is 0 Å². The van der Waals surface area contributed by atoms with Crippen molar-refractivity contribution in [2.75, 3.05) is 0 Å². The fraction of sp³-hybridized carbons (Fsp3) is 0. The number of hydrogen-bond acceptors (Lipinski definition) is 3. The van der Waals surface area contributed by atoms with Crippen LogP contribution in [0.25, 0.3) is 5.65 Å². The van der Waals surface area contributed by atoms with Gasteiger partial charge in [0.2, 0.25) is 0 Å². The smallest absolute Gasteiger partial charge is 0.197 e. The van der Waals surface area contributed by atoms with Crippen LogP contribution >= 0.6 is 0 Å². The van der Waals surface area contributed by atoms with Gasteiger partial charge in [0, 0.05) is 6.20 Å². The van der Waals surface area contributed by atoms with E-state index in [0.717, 1.165) is 0 Å². The second kappa shape index (κ2) is 1.70. The van der Waals surface area contributed by atoms with E-state index >= 15 is 0 Å². The highest BCUT2D eigenvalue weighted by atomic mass is 16.5. The van der Waals surface area contributed by atoms with Crippen LogP contribution in [0.15, 0.2) is 28.2 Å². The molecule has 0 aliphatic rings. The second-order valence-corrected chi connectivity index (χ2v) is 1.84. The summed E-state index contributed by atoms with van der Waals surface area (Å²) in [5.41, 5.74) is 1.38. The van der Waals surface area contributed by atoms with Gasteiger partial charge in [0.1, 0.15) is 12.0 Å². The van der Waals surface area contributed by atoms with Crippen molar-refractivity contribution in [3.63, 3.8) is 0 Å². The number of nitrogens with zero attached hydrogens (tertiary/aromatic N) is 3. The molecule has 4 nitrogen and oxygen atoms in total. The molecule has 0 aliphatic carbocycles. The largest absolute Gasteiger partial charge is 0.379 e. The minimum atomic E-state index is 0.671. The van der Waals surface area contributed by atoms with Crippen LogP contribution in [-0.4, -0.2) is 16.3 Å². The molecule has 0 bridgehead atoms. The first-order chi connectivity index (χ1) is 4.92. The number of hydrogen-bond donors (Lipinski definition) is 0. The zero-order chi connectivity index (χ0) is 6.97. The van der Waals surface area contributed by atoms with Crippen molar-refractivity contribution < 1.29 is 4.52 Å². The lowest BCUT2D eigenvalue weighted by Crippen LogP contribution is -1.69. The van der Waals surface area contributed by atoms with Gasteiger partial charge in [-0.15, -0.1) is 0 Å². The molecule has 0 radical (unpaired) electrons.